The molecule has 0 aromatic rings. The molecule has 1 heterocycles. The number of rotatable bonds is 14. The minimum Gasteiger partial charge on any atom is -0.469 e. The highest BCUT2D eigenvalue weighted by atomic mass is 28.4. The Morgan fingerprint density at radius 1 is 1.00 bits per heavy atom. The van der Waals surface area contributed by atoms with Crippen molar-refractivity contribution in [1.29, 1.82) is 0 Å². The highest BCUT2D eigenvalue weighted by Crippen LogP contribution is 2.34. The molecule has 0 aliphatic carbocycles. The van der Waals surface area contributed by atoms with Gasteiger partial charge in [0.2, 0.25) is 6.29 Å². The van der Waals surface area contributed by atoms with E-state index < -0.39 is 8.32 Å². The third-order valence-corrected chi connectivity index (χ3v) is 10.6. The maximum absolute atomic E-state index is 9.54. The number of ether oxygens (including phenoxy) is 2. The molecule has 1 aliphatic rings. The number of aliphatic hydroxyl groups is 1. The maximum Gasteiger partial charge on any atom is 0.205 e. The zero-order chi connectivity index (χ0) is 18.7. The Balaban J connectivity index is 2.16. The standard InChI is InChI=1S/C20H40O4Si/c1-6-25(7-2,8-3)23-15-13-11-9-10-12-14-18-19(16-21)17(4)24-20(18)22-5/h18,20-21H,6-16H2,1-5H3/t18-,20-/m1/s1. The van der Waals surface area contributed by atoms with E-state index in [2.05, 4.69) is 20.8 Å². The molecule has 25 heavy (non-hydrogen) atoms. The van der Waals surface area contributed by atoms with Crippen LogP contribution in [0.1, 0.15) is 66.2 Å². The number of methoxy groups -OCH3 is 1. The molecule has 0 aromatic heterocycles. The molecule has 1 aliphatic heterocycles. The molecule has 0 aromatic carbocycles. The molecule has 0 radical (unpaired) electrons. The second-order valence-corrected chi connectivity index (χ2v) is 12.0. The monoisotopic (exact) mass is 372 g/mol. The van der Waals surface area contributed by atoms with E-state index in [1.54, 1.807) is 7.11 Å². The summed E-state index contributed by atoms with van der Waals surface area (Å²) in [5, 5.41) is 9.54. The van der Waals surface area contributed by atoms with Crippen LogP contribution in [0.3, 0.4) is 0 Å². The zero-order valence-corrected chi connectivity index (χ0v) is 18.1. The van der Waals surface area contributed by atoms with E-state index in [1.165, 1.54) is 43.8 Å². The molecule has 0 saturated carbocycles. The second-order valence-electron chi connectivity index (χ2n) is 7.22. The average molecular weight is 373 g/mol. The first-order chi connectivity index (χ1) is 12.1. The van der Waals surface area contributed by atoms with Gasteiger partial charge in [-0.2, -0.15) is 0 Å². The molecule has 0 saturated heterocycles. The summed E-state index contributed by atoms with van der Waals surface area (Å²) < 4.78 is 17.4. The third-order valence-electron chi connectivity index (χ3n) is 5.92. The van der Waals surface area contributed by atoms with Gasteiger partial charge in [0.15, 0.2) is 8.32 Å². The molecule has 148 valence electrons. The van der Waals surface area contributed by atoms with Crippen LogP contribution in [0.4, 0.5) is 0 Å². The SMILES string of the molecule is CC[Si](CC)(CC)OCCCCCCC[C@@H]1C(CO)=C(C)O[C@H]1OC. The fourth-order valence-corrected chi connectivity index (χ4v) is 6.54. The summed E-state index contributed by atoms with van der Waals surface area (Å²) in [5.74, 6) is 1.05. The average Bonchev–Trinajstić information content (AvgIpc) is 2.95. The smallest absolute Gasteiger partial charge is 0.205 e. The van der Waals surface area contributed by atoms with Crippen molar-refractivity contribution in [2.75, 3.05) is 20.3 Å². The first kappa shape index (κ1) is 22.7. The molecule has 0 fully saturated rings. The number of hydrogen-bond acceptors (Lipinski definition) is 4. The molecule has 4 nitrogen and oxygen atoms in total. The number of aliphatic hydroxyl groups excluding tert-OH is 1. The summed E-state index contributed by atoms with van der Waals surface area (Å²) >= 11 is 0. The van der Waals surface area contributed by atoms with Gasteiger partial charge in [0, 0.05) is 25.2 Å². The van der Waals surface area contributed by atoms with Crippen molar-refractivity contribution >= 4 is 8.32 Å². The predicted molar refractivity (Wildman–Crippen MR) is 106 cm³/mol. The van der Waals surface area contributed by atoms with Crippen molar-refractivity contribution in [2.24, 2.45) is 5.92 Å². The Morgan fingerprint density at radius 2 is 1.60 bits per heavy atom. The van der Waals surface area contributed by atoms with E-state index >= 15 is 0 Å². The van der Waals surface area contributed by atoms with E-state index in [-0.39, 0.29) is 18.8 Å². The predicted octanol–water partition coefficient (Wildman–Crippen LogP) is 5.23. The van der Waals surface area contributed by atoms with E-state index in [0.29, 0.717) is 0 Å². The van der Waals surface area contributed by atoms with Crippen molar-refractivity contribution in [3.8, 4) is 0 Å². The normalized spacial score (nSPS) is 21.0. The zero-order valence-electron chi connectivity index (χ0n) is 17.1. The molecule has 0 bridgehead atoms. The molecule has 5 heteroatoms. The van der Waals surface area contributed by atoms with Crippen molar-refractivity contribution in [3.63, 3.8) is 0 Å². The Morgan fingerprint density at radius 3 is 2.16 bits per heavy atom. The molecule has 0 unspecified atom stereocenters. The van der Waals surface area contributed by atoms with Crippen LogP contribution in [0.25, 0.3) is 0 Å². The Labute approximate surface area is 156 Å². The van der Waals surface area contributed by atoms with Gasteiger partial charge < -0.3 is 19.0 Å². The van der Waals surface area contributed by atoms with E-state index in [1.807, 2.05) is 6.92 Å². The van der Waals surface area contributed by atoms with Crippen LogP contribution in [0.15, 0.2) is 11.3 Å². The van der Waals surface area contributed by atoms with Gasteiger partial charge in [-0.3, -0.25) is 0 Å². The molecule has 1 N–H and O–H groups in total. The molecular formula is C20H40O4Si. The lowest BCUT2D eigenvalue weighted by Crippen LogP contribution is -2.36. The minimum absolute atomic E-state index is 0.0750. The minimum atomic E-state index is -1.40. The van der Waals surface area contributed by atoms with Gasteiger partial charge in [-0.25, -0.2) is 0 Å². The maximum atomic E-state index is 9.54. The Bertz CT molecular complexity index is 385. The van der Waals surface area contributed by atoms with E-state index in [4.69, 9.17) is 13.9 Å². The summed E-state index contributed by atoms with van der Waals surface area (Å²) in [4.78, 5) is 0. The van der Waals surface area contributed by atoms with Crippen molar-refractivity contribution in [3.05, 3.63) is 11.3 Å². The largest absolute Gasteiger partial charge is 0.469 e. The first-order valence-electron chi connectivity index (χ1n) is 10.2. The van der Waals surface area contributed by atoms with Crippen LogP contribution in [-0.2, 0) is 13.9 Å². The van der Waals surface area contributed by atoms with Crippen LogP contribution in [0.2, 0.25) is 18.1 Å². The lowest BCUT2D eigenvalue weighted by molar-refractivity contribution is -0.103. The summed E-state index contributed by atoms with van der Waals surface area (Å²) in [6, 6.07) is 3.72. The quantitative estimate of drug-likeness (QED) is 0.335. The fraction of sp³-hybridized carbons (Fsp3) is 0.900. The molecule has 0 amide bonds. The molecule has 1 rings (SSSR count). The number of allylic oxidation sites excluding steroid dienone is 1. The number of unbranched alkanes of at least 4 members (excludes halogenated alkanes) is 4. The third kappa shape index (κ3) is 6.70. The fourth-order valence-electron chi connectivity index (χ4n) is 3.85. The van der Waals surface area contributed by atoms with Crippen molar-refractivity contribution in [1.82, 2.24) is 0 Å². The Hall–Kier alpha value is -0.363. The van der Waals surface area contributed by atoms with Gasteiger partial charge in [0.1, 0.15) is 0 Å². The first-order valence-corrected chi connectivity index (χ1v) is 12.7. The Kier molecular flexibility index (Phi) is 11.0. The summed E-state index contributed by atoms with van der Waals surface area (Å²) in [6.45, 7) is 9.80. The summed E-state index contributed by atoms with van der Waals surface area (Å²) in [6.07, 6.45) is 6.88. The van der Waals surface area contributed by atoms with Gasteiger partial charge >= 0.3 is 0 Å². The van der Waals surface area contributed by atoms with Gasteiger partial charge in [-0.05, 0) is 37.9 Å². The van der Waals surface area contributed by atoms with E-state index in [9.17, 15) is 5.11 Å². The van der Waals surface area contributed by atoms with Gasteiger partial charge in [-0.15, -0.1) is 0 Å². The lowest BCUT2D eigenvalue weighted by atomic mass is 9.93. The molecule has 0 spiro atoms. The van der Waals surface area contributed by atoms with Crippen LogP contribution >= 0.6 is 0 Å². The molecular weight excluding hydrogens is 332 g/mol. The van der Waals surface area contributed by atoms with Gasteiger partial charge in [-0.1, -0.05) is 46.5 Å². The number of hydrogen-bond donors (Lipinski definition) is 1. The van der Waals surface area contributed by atoms with Crippen molar-refractivity contribution in [2.45, 2.75) is 90.6 Å². The van der Waals surface area contributed by atoms with Gasteiger partial charge in [0.05, 0.1) is 12.4 Å². The van der Waals surface area contributed by atoms with Crippen LogP contribution < -0.4 is 0 Å². The van der Waals surface area contributed by atoms with Crippen LogP contribution in [0, 0.1) is 5.92 Å². The van der Waals surface area contributed by atoms with E-state index in [0.717, 1.165) is 30.8 Å². The summed E-state index contributed by atoms with van der Waals surface area (Å²) in [7, 11) is 0.281. The van der Waals surface area contributed by atoms with Crippen LogP contribution in [-0.4, -0.2) is 40.0 Å². The highest BCUT2D eigenvalue weighted by molar-refractivity contribution is 6.73. The highest BCUT2D eigenvalue weighted by Gasteiger charge is 2.34. The summed E-state index contributed by atoms with van der Waals surface area (Å²) in [5.41, 5.74) is 1.01. The van der Waals surface area contributed by atoms with Gasteiger partial charge in [0.25, 0.3) is 0 Å². The topological polar surface area (TPSA) is 47.9 Å². The second kappa shape index (κ2) is 12.1. The molecule has 2 atom stereocenters. The van der Waals surface area contributed by atoms with Crippen LogP contribution in [0.5, 0.6) is 0 Å². The lowest BCUT2D eigenvalue weighted by Gasteiger charge is -2.27. The van der Waals surface area contributed by atoms with Crippen molar-refractivity contribution < 1.29 is 19.0 Å².